The number of ether oxygens (including phenoxy) is 4. The van der Waals surface area contributed by atoms with Gasteiger partial charge in [0.15, 0.2) is 5.78 Å². The molecule has 283 valence electrons. The van der Waals surface area contributed by atoms with Crippen LogP contribution in [0.2, 0.25) is 0 Å². The minimum atomic E-state index is -0.0221. The van der Waals surface area contributed by atoms with E-state index in [0.29, 0.717) is 66.2 Å². The van der Waals surface area contributed by atoms with Crippen LogP contribution in [0.5, 0.6) is 0 Å². The quantitative estimate of drug-likeness (QED) is 0.137. The average Bonchev–Trinajstić information content (AvgIpc) is 3.92. The number of carbonyl (C=O) groups excluding carboxylic acids is 2. The molecule has 0 N–H and O–H groups in total. The van der Waals surface area contributed by atoms with Crippen molar-refractivity contribution >= 4 is 35.5 Å². The summed E-state index contributed by atoms with van der Waals surface area (Å²) in [5, 5.41) is 0. The van der Waals surface area contributed by atoms with Crippen LogP contribution in [-0.4, -0.2) is 58.4 Å². The molecular formula is C42H67IO6V. The fourth-order valence-corrected chi connectivity index (χ4v) is 12.5. The minimum absolute atomic E-state index is 0. The molecule has 50 heavy (non-hydrogen) atoms. The molecule has 4 bridgehead atoms. The second kappa shape index (κ2) is 13.5. The third kappa shape index (κ3) is 7.20. The molecule has 6 nitrogen and oxygen atoms in total. The van der Waals surface area contributed by atoms with E-state index in [1.165, 1.54) is 0 Å². The van der Waals surface area contributed by atoms with Crippen molar-refractivity contribution in [3.8, 4) is 0 Å². The Labute approximate surface area is 332 Å². The molecule has 0 spiro atoms. The van der Waals surface area contributed by atoms with Gasteiger partial charge >= 0.3 is 0 Å². The van der Waals surface area contributed by atoms with Gasteiger partial charge in [-0.2, -0.15) is 0 Å². The van der Waals surface area contributed by atoms with Crippen LogP contribution in [0.25, 0.3) is 0 Å². The summed E-state index contributed by atoms with van der Waals surface area (Å²) in [4.78, 5) is 25.4. The summed E-state index contributed by atoms with van der Waals surface area (Å²) in [6.45, 7) is 29.5. The van der Waals surface area contributed by atoms with Crippen molar-refractivity contribution in [3.05, 3.63) is 12.2 Å². The van der Waals surface area contributed by atoms with E-state index in [1.807, 2.05) is 0 Å². The van der Waals surface area contributed by atoms with Crippen LogP contribution in [0.3, 0.4) is 0 Å². The third-order valence-electron chi connectivity index (χ3n) is 16.0. The molecule has 0 aromatic heterocycles. The van der Waals surface area contributed by atoms with Gasteiger partial charge in [-0.3, -0.25) is 9.59 Å². The van der Waals surface area contributed by atoms with E-state index in [4.69, 9.17) is 18.9 Å². The van der Waals surface area contributed by atoms with Crippen molar-refractivity contribution < 1.29 is 47.1 Å². The van der Waals surface area contributed by atoms with Crippen molar-refractivity contribution in [2.75, 3.05) is 0 Å². The van der Waals surface area contributed by atoms with E-state index in [-0.39, 0.29) is 93.4 Å². The Hall–Kier alpha value is 0.234. The van der Waals surface area contributed by atoms with Gasteiger partial charge in [0.05, 0.1) is 46.8 Å². The van der Waals surface area contributed by atoms with E-state index in [2.05, 4.69) is 82.7 Å². The van der Waals surface area contributed by atoms with Gasteiger partial charge in [0.25, 0.3) is 0 Å². The number of carbonyl (C=O) groups is 2. The van der Waals surface area contributed by atoms with Gasteiger partial charge < -0.3 is 18.9 Å². The molecule has 1 radical (unpaired) electrons. The van der Waals surface area contributed by atoms with Crippen LogP contribution < -0.4 is 0 Å². The molecule has 0 aromatic rings. The maximum absolute atomic E-state index is 12.8. The Morgan fingerprint density at radius 1 is 0.620 bits per heavy atom. The van der Waals surface area contributed by atoms with Gasteiger partial charge in [0.2, 0.25) is 0 Å². The van der Waals surface area contributed by atoms with Crippen molar-refractivity contribution in [1.29, 1.82) is 0 Å². The molecule has 8 rings (SSSR count). The van der Waals surface area contributed by atoms with Gasteiger partial charge in [-0.25, -0.2) is 0 Å². The Kier molecular flexibility index (Phi) is 11.1. The van der Waals surface area contributed by atoms with E-state index >= 15 is 0 Å². The van der Waals surface area contributed by atoms with Crippen molar-refractivity contribution in [2.45, 2.75) is 187 Å². The largest absolute Gasteiger partial charge is 0.366 e. The average molecular weight is 846 g/mol. The number of Topliss-reactive ketones (excluding diaryl/α,β-unsaturated/α-hetero) is 2. The molecule has 0 amide bonds. The van der Waals surface area contributed by atoms with E-state index < -0.39 is 0 Å². The molecule has 0 aromatic carbocycles. The van der Waals surface area contributed by atoms with Crippen molar-refractivity contribution in [2.24, 2.45) is 52.3 Å². The third-order valence-corrected chi connectivity index (χ3v) is 16.0. The van der Waals surface area contributed by atoms with E-state index in [9.17, 15) is 9.59 Å². The number of fused-ring (bicyclic) bond motifs is 8. The fourth-order valence-electron chi connectivity index (χ4n) is 12.5. The molecule has 15 atom stereocenters. The van der Waals surface area contributed by atoms with E-state index in [1.54, 1.807) is 0 Å². The molecule has 4 saturated carbocycles. The fraction of sp³-hybridized carbons (Fsp3) is 0.905. The monoisotopic (exact) mass is 845 g/mol. The van der Waals surface area contributed by atoms with Gasteiger partial charge in [-0.15, -0.1) is 24.0 Å². The van der Waals surface area contributed by atoms with Crippen LogP contribution in [0.1, 0.15) is 140 Å². The number of ketones is 2. The first kappa shape index (κ1) is 41.4. The second-order valence-corrected chi connectivity index (χ2v) is 20.2. The van der Waals surface area contributed by atoms with Crippen molar-refractivity contribution in [1.82, 2.24) is 0 Å². The Balaban J connectivity index is 0.000000187. The molecular weight excluding hydrogens is 778 g/mol. The summed E-state index contributed by atoms with van der Waals surface area (Å²) >= 11 is 0. The predicted octanol–water partition coefficient (Wildman–Crippen LogP) is 9.29. The summed E-state index contributed by atoms with van der Waals surface area (Å²) < 4.78 is 24.5. The van der Waals surface area contributed by atoms with Crippen LogP contribution in [0.15, 0.2) is 12.2 Å². The second-order valence-electron chi connectivity index (χ2n) is 20.2. The first-order chi connectivity index (χ1) is 22.1. The summed E-state index contributed by atoms with van der Waals surface area (Å²) in [7, 11) is 0. The number of epoxide rings is 4. The molecule has 4 heterocycles. The van der Waals surface area contributed by atoms with Crippen LogP contribution in [0, 0.1) is 52.3 Å². The summed E-state index contributed by atoms with van der Waals surface area (Å²) in [6, 6.07) is 0. The van der Waals surface area contributed by atoms with Crippen molar-refractivity contribution in [3.63, 3.8) is 0 Å². The number of hydrogen-bond acceptors (Lipinski definition) is 6. The maximum Gasteiger partial charge on any atom is 0.158 e. The Morgan fingerprint density at radius 3 is 1.56 bits per heavy atom. The molecule has 13 unspecified atom stereocenters. The standard InChI is InChI=1S/C21H34O3.C21H32O3.HI.V/c2*1-12-11-21(6)16(23-21)7-8-20(5)17(24-20)10-14-9-15(22)13(2)18(12)19(14,3)4;;/h12-14,16-18H,7-11H2,1-6H3;12,14,16-18H,2,7-11H2,1,3-6H3;1H;/t12-,13?,14?,16?,17?,18?,20?,21?;12-,14?,16?,17?,18?,20?,21?;;/m00../s1. The first-order valence-electron chi connectivity index (χ1n) is 19.6. The predicted molar refractivity (Wildman–Crippen MR) is 203 cm³/mol. The van der Waals surface area contributed by atoms with Crippen LogP contribution >= 0.6 is 24.0 Å². The number of allylic oxidation sites excluding steroid dienone is 1. The van der Waals surface area contributed by atoms with Gasteiger partial charge in [-0.1, -0.05) is 55.0 Å². The molecule has 4 aliphatic carbocycles. The van der Waals surface area contributed by atoms with Gasteiger partial charge in [0, 0.05) is 37.3 Å². The molecule has 8 aliphatic rings. The summed E-state index contributed by atoms with van der Waals surface area (Å²) in [6.07, 6.45) is 11.3. The minimum Gasteiger partial charge on any atom is -0.366 e. The molecule has 4 aliphatic heterocycles. The smallest absolute Gasteiger partial charge is 0.158 e. The Bertz CT molecular complexity index is 1370. The number of rotatable bonds is 0. The van der Waals surface area contributed by atoms with Crippen LogP contribution in [0.4, 0.5) is 0 Å². The number of hydrogen-bond donors (Lipinski definition) is 0. The van der Waals surface area contributed by atoms with Gasteiger partial charge in [-0.05, 0) is 131 Å². The molecule has 8 heteroatoms. The zero-order valence-corrected chi connectivity index (χ0v) is 36.7. The zero-order valence-electron chi connectivity index (χ0n) is 32.9. The number of halogens is 1. The Morgan fingerprint density at radius 2 is 1.06 bits per heavy atom. The van der Waals surface area contributed by atoms with E-state index in [0.717, 1.165) is 63.4 Å². The SMILES string of the molecule is C=C1C(=O)CC2CC3OC3(C)CCC3OC3(C)C[C@H](C)C1C2(C)C.CC1C(=O)CC2CC3OC3(C)CCC3OC3(C)C[C@H](C)C1C2(C)C.I.[V]. The van der Waals surface area contributed by atoms with Gasteiger partial charge in [0.1, 0.15) is 5.78 Å². The van der Waals surface area contributed by atoms with Crippen LogP contribution in [-0.2, 0) is 47.1 Å². The maximum atomic E-state index is 12.8. The molecule has 8 fully saturated rings. The normalized spacial score (nSPS) is 52.6. The zero-order chi connectivity index (χ0) is 35.0. The summed E-state index contributed by atoms with van der Waals surface area (Å²) in [5.41, 5.74) is 1.13. The summed E-state index contributed by atoms with van der Waals surface area (Å²) in [5.74, 6) is 3.36. The topological polar surface area (TPSA) is 84.3 Å². The first-order valence-corrected chi connectivity index (χ1v) is 19.6. The molecule has 4 saturated heterocycles.